The highest BCUT2D eigenvalue weighted by Gasteiger charge is 2.28. The molecule has 0 aromatic rings. The summed E-state index contributed by atoms with van der Waals surface area (Å²) in [5.74, 6) is 0. The van der Waals surface area contributed by atoms with Crippen molar-refractivity contribution in [2.45, 2.75) is 44.1 Å². The highest BCUT2D eigenvalue weighted by atomic mass is 16.5. The summed E-state index contributed by atoms with van der Waals surface area (Å²) in [6.45, 7) is 6.79. The number of unbranched alkanes of at least 4 members (excludes halogenated alkanes) is 3. The molecule has 0 aromatic carbocycles. The molecule has 0 radical (unpaired) electrons. The maximum absolute atomic E-state index is 10.2. The van der Waals surface area contributed by atoms with Crippen LogP contribution in [0.25, 0.3) is 0 Å². The Kier molecular flexibility index (Phi) is 6.69. The first kappa shape index (κ1) is 13.7. The Bertz CT molecular complexity index is 188. The first-order valence-electron chi connectivity index (χ1n) is 6.39. The lowest BCUT2D eigenvalue weighted by atomic mass is 9.94. The molecule has 2 N–H and O–H groups in total. The Hall–Kier alpha value is -0.380. The van der Waals surface area contributed by atoms with Crippen LogP contribution >= 0.6 is 0 Å². The third-order valence-corrected chi connectivity index (χ3v) is 3.14. The molecule has 0 amide bonds. The van der Waals surface area contributed by atoms with Gasteiger partial charge in [-0.2, -0.15) is 0 Å². The van der Waals surface area contributed by atoms with Gasteiger partial charge in [-0.05, 0) is 25.8 Å². The fraction of sp³-hybridized carbons (Fsp3) is 0.846. The van der Waals surface area contributed by atoms with Crippen LogP contribution in [0.5, 0.6) is 0 Å². The van der Waals surface area contributed by atoms with Crippen LogP contribution in [0, 0.1) is 0 Å². The topological polar surface area (TPSA) is 41.5 Å². The van der Waals surface area contributed by atoms with Gasteiger partial charge in [0, 0.05) is 32.6 Å². The largest absolute Gasteiger partial charge is 0.388 e. The molecule has 1 rings (SSSR count). The number of allylic oxidation sites excluding steroid dienone is 1. The van der Waals surface area contributed by atoms with Crippen molar-refractivity contribution in [1.82, 2.24) is 5.32 Å². The molecule has 94 valence electrons. The van der Waals surface area contributed by atoms with Gasteiger partial charge in [-0.15, -0.1) is 6.58 Å². The molecule has 1 saturated heterocycles. The third kappa shape index (κ3) is 5.64. The monoisotopic (exact) mass is 227 g/mol. The molecule has 0 aliphatic carbocycles. The van der Waals surface area contributed by atoms with Crippen molar-refractivity contribution < 1.29 is 9.84 Å². The molecule has 3 heteroatoms. The van der Waals surface area contributed by atoms with Crippen molar-refractivity contribution in [2.24, 2.45) is 0 Å². The van der Waals surface area contributed by atoms with Crippen LogP contribution in [0.3, 0.4) is 0 Å². The van der Waals surface area contributed by atoms with Crippen LogP contribution in [0.2, 0.25) is 0 Å². The maximum atomic E-state index is 10.2. The van der Waals surface area contributed by atoms with E-state index in [4.69, 9.17) is 4.74 Å². The predicted octanol–water partition coefficient (Wildman–Crippen LogP) is 1.86. The lowest BCUT2D eigenvalue weighted by molar-refractivity contribution is -0.0614. The van der Waals surface area contributed by atoms with Gasteiger partial charge in [0.15, 0.2) is 0 Å². The molecule has 1 aliphatic heterocycles. The van der Waals surface area contributed by atoms with Gasteiger partial charge in [0.2, 0.25) is 0 Å². The molecular formula is C13H25NO2. The molecule has 0 unspecified atom stereocenters. The van der Waals surface area contributed by atoms with Gasteiger partial charge < -0.3 is 15.2 Å². The van der Waals surface area contributed by atoms with Crippen molar-refractivity contribution in [3.63, 3.8) is 0 Å². The maximum Gasteiger partial charge on any atom is 0.0815 e. The minimum Gasteiger partial charge on any atom is -0.388 e. The lowest BCUT2D eigenvalue weighted by Crippen LogP contribution is -2.45. The lowest BCUT2D eigenvalue weighted by Gasteiger charge is -2.32. The second kappa shape index (κ2) is 7.82. The molecule has 1 aliphatic rings. The number of hydrogen-bond donors (Lipinski definition) is 2. The van der Waals surface area contributed by atoms with E-state index in [0.29, 0.717) is 19.8 Å². The standard InChI is InChI=1S/C13H25NO2/c1-2-3-4-5-6-9-14-12-13(15)7-10-16-11-8-13/h2,14-15H,1,3-12H2. The van der Waals surface area contributed by atoms with Gasteiger partial charge in [-0.3, -0.25) is 0 Å². The minimum atomic E-state index is -0.528. The van der Waals surface area contributed by atoms with Crippen LogP contribution < -0.4 is 5.32 Å². The Balaban J connectivity index is 1.95. The summed E-state index contributed by atoms with van der Waals surface area (Å²) in [6.07, 6.45) is 8.25. The molecule has 3 nitrogen and oxygen atoms in total. The van der Waals surface area contributed by atoms with E-state index in [1.807, 2.05) is 6.08 Å². The van der Waals surface area contributed by atoms with E-state index in [1.165, 1.54) is 19.3 Å². The van der Waals surface area contributed by atoms with E-state index in [2.05, 4.69) is 11.9 Å². The second-order valence-corrected chi connectivity index (χ2v) is 4.65. The quantitative estimate of drug-likeness (QED) is 0.491. The van der Waals surface area contributed by atoms with Crippen molar-refractivity contribution in [2.75, 3.05) is 26.3 Å². The van der Waals surface area contributed by atoms with Crippen molar-refractivity contribution in [3.8, 4) is 0 Å². The summed E-state index contributed by atoms with van der Waals surface area (Å²) in [6, 6.07) is 0. The van der Waals surface area contributed by atoms with Crippen molar-refractivity contribution in [1.29, 1.82) is 0 Å². The fourth-order valence-corrected chi connectivity index (χ4v) is 1.96. The SMILES string of the molecule is C=CCCCCCNCC1(O)CCOCC1. The van der Waals surface area contributed by atoms with Crippen LogP contribution in [0.4, 0.5) is 0 Å². The Morgan fingerprint density at radius 2 is 2.00 bits per heavy atom. The Morgan fingerprint density at radius 1 is 1.25 bits per heavy atom. The van der Waals surface area contributed by atoms with E-state index in [-0.39, 0.29) is 0 Å². The van der Waals surface area contributed by atoms with Crippen LogP contribution in [0.1, 0.15) is 38.5 Å². The normalized spacial score (nSPS) is 19.6. The summed E-state index contributed by atoms with van der Waals surface area (Å²) < 4.78 is 5.24. The molecule has 0 spiro atoms. The second-order valence-electron chi connectivity index (χ2n) is 4.65. The predicted molar refractivity (Wildman–Crippen MR) is 66.5 cm³/mol. The zero-order valence-corrected chi connectivity index (χ0v) is 10.2. The summed E-state index contributed by atoms with van der Waals surface area (Å²) in [7, 11) is 0. The number of hydrogen-bond acceptors (Lipinski definition) is 3. The number of rotatable bonds is 8. The Morgan fingerprint density at radius 3 is 2.69 bits per heavy atom. The van der Waals surface area contributed by atoms with E-state index >= 15 is 0 Å². The van der Waals surface area contributed by atoms with Crippen molar-refractivity contribution in [3.05, 3.63) is 12.7 Å². The molecule has 0 bridgehead atoms. The van der Waals surface area contributed by atoms with Crippen LogP contribution in [-0.2, 0) is 4.74 Å². The molecule has 0 atom stereocenters. The smallest absolute Gasteiger partial charge is 0.0815 e. The molecule has 1 fully saturated rings. The summed E-state index contributed by atoms with van der Waals surface area (Å²) in [4.78, 5) is 0. The summed E-state index contributed by atoms with van der Waals surface area (Å²) in [5.41, 5.74) is -0.528. The fourth-order valence-electron chi connectivity index (χ4n) is 1.96. The summed E-state index contributed by atoms with van der Waals surface area (Å²) in [5, 5.41) is 13.5. The minimum absolute atomic E-state index is 0.528. The first-order chi connectivity index (χ1) is 7.77. The van der Waals surface area contributed by atoms with E-state index < -0.39 is 5.60 Å². The molecule has 16 heavy (non-hydrogen) atoms. The molecule has 0 aromatic heterocycles. The molecule has 0 saturated carbocycles. The van der Waals surface area contributed by atoms with Gasteiger partial charge >= 0.3 is 0 Å². The van der Waals surface area contributed by atoms with Gasteiger partial charge in [0.05, 0.1) is 5.60 Å². The van der Waals surface area contributed by atoms with E-state index in [9.17, 15) is 5.11 Å². The first-order valence-corrected chi connectivity index (χ1v) is 6.39. The van der Waals surface area contributed by atoms with Gasteiger partial charge in [0.25, 0.3) is 0 Å². The molecule has 1 heterocycles. The number of aliphatic hydroxyl groups is 1. The zero-order chi connectivity index (χ0) is 11.7. The third-order valence-electron chi connectivity index (χ3n) is 3.14. The van der Waals surface area contributed by atoms with Crippen molar-refractivity contribution >= 4 is 0 Å². The van der Waals surface area contributed by atoms with Crippen LogP contribution in [-0.4, -0.2) is 37.0 Å². The number of nitrogens with one attached hydrogen (secondary N) is 1. The van der Waals surface area contributed by atoms with Gasteiger partial charge in [-0.25, -0.2) is 0 Å². The Labute approximate surface area is 98.9 Å². The highest BCUT2D eigenvalue weighted by Crippen LogP contribution is 2.19. The van der Waals surface area contributed by atoms with Gasteiger partial charge in [-0.1, -0.05) is 12.5 Å². The zero-order valence-electron chi connectivity index (χ0n) is 10.2. The molecular weight excluding hydrogens is 202 g/mol. The van der Waals surface area contributed by atoms with E-state index in [1.54, 1.807) is 0 Å². The van der Waals surface area contributed by atoms with E-state index in [0.717, 1.165) is 25.8 Å². The number of ether oxygens (including phenoxy) is 1. The average molecular weight is 227 g/mol. The van der Waals surface area contributed by atoms with Crippen LogP contribution in [0.15, 0.2) is 12.7 Å². The summed E-state index contributed by atoms with van der Waals surface area (Å²) >= 11 is 0. The van der Waals surface area contributed by atoms with Gasteiger partial charge in [0.1, 0.15) is 0 Å². The highest BCUT2D eigenvalue weighted by molar-refractivity contribution is 4.83. The average Bonchev–Trinajstić information content (AvgIpc) is 2.29.